The van der Waals surface area contributed by atoms with Crippen LogP contribution in [-0.2, 0) is 0 Å². The number of nitrogens with two attached hydrogens (primary N) is 1. The van der Waals surface area contributed by atoms with Crippen molar-refractivity contribution in [3.63, 3.8) is 0 Å². The molecule has 1 nitrogen and oxygen atoms in total. The van der Waals surface area contributed by atoms with Crippen molar-refractivity contribution < 1.29 is 13.2 Å². The van der Waals surface area contributed by atoms with E-state index in [4.69, 9.17) is 5.73 Å². The zero-order valence-electron chi connectivity index (χ0n) is 9.27. The molecule has 90 valence electrons. The summed E-state index contributed by atoms with van der Waals surface area (Å²) < 4.78 is 38.9. The van der Waals surface area contributed by atoms with Crippen LogP contribution in [0.5, 0.6) is 0 Å². The number of halogens is 3. The van der Waals surface area contributed by atoms with E-state index in [0.717, 1.165) is 25.3 Å². The molecule has 1 aromatic carbocycles. The van der Waals surface area contributed by atoms with E-state index in [1.54, 1.807) is 0 Å². The number of hydrogen-bond acceptors (Lipinski definition) is 1. The predicted octanol–water partition coefficient (Wildman–Crippen LogP) is 3.68. The van der Waals surface area contributed by atoms with Gasteiger partial charge < -0.3 is 5.73 Å². The largest absolute Gasteiger partial charge is 0.324 e. The van der Waals surface area contributed by atoms with Crippen LogP contribution in [0.15, 0.2) is 12.1 Å². The third kappa shape index (κ3) is 2.98. The van der Waals surface area contributed by atoms with Gasteiger partial charge >= 0.3 is 0 Å². The zero-order valence-corrected chi connectivity index (χ0v) is 9.27. The Hall–Kier alpha value is -1.03. The van der Waals surface area contributed by atoms with Crippen molar-refractivity contribution in [2.45, 2.75) is 38.6 Å². The van der Waals surface area contributed by atoms with Crippen LogP contribution in [-0.4, -0.2) is 0 Å². The standard InChI is InChI=1S/C12H16F3N/c1-2-3-4-5-10(16)8-6-7-9(13)12(15)11(8)14/h6-7,10H,2-5,16H2,1H3/t10-/m0/s1. The number of hydrogen-bond donors (Lipinski definition) is 1. The molecule has 0 unspecified atom stereocenters. The molecule has 1 rings (SSSR count). The molecule has 0 amide bonds. The normalized spacial score (nSPS) is 12.8. The minimum absolute atomic E-state index is 0.0509. The van der Waals surface area contributed by atoms with Gasteiger partial charge in [-0.1, -0.05) is 32.3 Å². The second-order valence-corrected chi connectivity index (χ2v) is 3.87. The van der Waals surface area contributed by atoms with Crippen molar-refractivity contribution in [3.05, 3.63) is 35.1 Å². The Morgan fingerprint density at radius 1 is 1.12 bits per heavy atom. The minimum atomic E-state index is -1.44. The third-order valence-electron chi connectivity index (χ3n) is 2.58. The van der Waals surface area contributed by atoms with Gasteiger partial charge in [-0.15, -0.1) is 0 Å². The SMILES string of the molecule is CCCCC[C@H](N)c1ccc(F)c(F)c1F. The van der Waals surface area contributed by atoms with Gasteiger partial charge in [-0.3, -0.25) is 0 Å². The molecule has 1 aromatic rings. The van der Waals surface area contributed by atoms with Crippen LogP contribution >= 0.6 is 0 Å². The highest BCUT2D eigenvalue weighted by Crippen LogP contribution is 2.23. The van der Waals surface area contributed by atoms with Crippen LogP contribution in [0, 0.1) is 17.5 Å². The molecule has 0 heterocycles. The highest BCUT2D eigenvalue weighted by molar-refractivity contribution is 5.23. The Morgan fingerprint density at radius 2 is 1.81 bits per heavy atom. The number of rotatable bonds is 5. The van der Waals surface area contributed by atoms with Crippen LogP contribution in [0.4, 0.5) is 13.2 Å². The highest BCUT2D eigenvalue weighted by atomic mass is 19.2. The maximum absolute atomic E-state index is 13.3. The second-order valence-electron chi connectivity index (χ2n) is 3.87. The van der Waals surface area contributed by atoms with E-state index in [-0.39, 0.29) is 5.56 Å². The number of benzene rings is 1. The van der Waals surface area contributed by atoms with Gasteiger partial charge in [0.2, 0.25) is 0 Å². The quantitative estimate of drug-likeness (QED) is 0.607. The Balaban J connectivity index is 2.76. The summed E-state index contributed by atoms with van der Waals surface area (Å²) in [6, 6.07) is 1.55. The molecule has 0 fully saturated rings. The van der Waals surface area contributed by atoms with Crippen LogP contribution < -0.4 is 5.73 Å². The Morgan fingerprint density at radius 3 is 2.44 bits per heavy atom. The van der Waals surface area contributed by atoms with E-state index in [0.29, 0.717) is 6.42 Å². The van der Waals surface area contributed by atoms with Gasteiger partial charge in [-0.05, 0) is 12.5 Å². The van der Waals surface area contributed by atoms with Crippen molar-refractivity contribution in [2.24, 2.45) is 5.73 Å². The average Bonchev–Trinajstić information content (AvgIpc) is 2.26. The van der Waals surface area contributed by atoms with E-state index in [1.165, 1.54) is 6.07 Å². The first-order chi connectivity index (χ1) is 7.57. The van der Waals surface area contributed by atoms with Gasteiger partial charge in [0, 0.05) is 11.6 Å². The van der Waals surface area contributed by atoms with Crippen LogP contribution in [0.1, 0.15) is 44.2 Å². The summed E-state index contributed by atoms with van der Waals surface area (Å²) in [6.45, 7) is 2.05. The van der Waals surface area contributed by atoms with E-state index in [1.807, 2.05) is 6.92 Å². The third-order valence-corrected chi connectivity index (χ3v) is 2.58. The minimum Gasteiger partial charge on any atom is -0.324 e. The molecule has 4 heteroatoms. The van der Waals surface area contributed by atoms with Crippen molar-refractivity contribution in [2.75, 3.05) is 0 Å². The maximum Gasteiger partial charge on any atom is 0.194 e. The first kappa shape index (κ1) is 13.0. The molecule has 0 aliphatic rings. The first-order valence-corrected chi connectivity index (χ1v) is 5.46. The summed E-state index contributed by atoms with van der Waals surface area (Å²) in [4.78, 5) is 0. The molecule has 0 spiro atoms. The van der Waals surface area contributed by atoms with Crippen LogP contribution in [0.25, 0.3) is 0 Å². The van der Waals surface area contributed by atoms with Crippen LogP contribution in [0.2, 0.25) is 0 Å². The zero-order chi connectivity index (χ0) is 12.1. The van der Waals surface area contributed by atoms with Gasteiger partial charge in [0.15, 0.2) is 17.5 Å². The molecule has 16 heavy (non-hydrogen) atoms. The molecule has 0 bridgehead atoms. The van der Waals surface area contributed by atoms with Gasteiger partial charge in [0.25, 0.3) is 0 Å². The van der Waals surface area contributed by atoms with Gasteiger partial charge in [0.1, 0.15) is 0 Å². The Kier molecular flexibility index (Phi) is 4.80. The summed E-state index contributed by atoms with van der Waals surface area (Å²) >= 11 is 0. The lowest BCUT2D eigenvalue weighted by molar-refractivity contribution is 0.431. The molecule has 0 aliphatic heterocycles. The summed E-state index contributed by atoms with van der Waals surface area (Å²) in [5.74, 6) is -3.78. The highest BCUT2D eigenvalue weighted by Gasteiger charge is 2.17. The van der Waals surface area contributed by atoms with Gasteiger partial charge in [-0.25, -0.2) is 13.2 Å². The van der Waals surface area contributed by atoms with Crippen LogP contribution in [0.3, 0.4) is 0 Å². The monoisotopic (exact) mass is 231 g/mol. The summed E-state index contributed by atoms with van der Waals surface area (Å²) in [5, 5.41) is 0. The molecule has 0 aromatic heterocycles. The molecule has 2 N–H and O–H groups in total. The summed E-state index contributed by atoms with van der Waals surface area (Å²) in [5.41, 5.74) is 5.78. The van der Waals surface area contributed by atoms with Gasteiger partial charge in [-0.2, -0.15) is 0 Å². The fourth-order valence-electron chi connectivity index (χ4n) is 1.60. The van der Waals surface area contributed by atoms with Crippen molar-refractivity contribution in [1.29, 1.82) is 0 Å². The lowest BCUT2D eigenvalue weighted by Gasteiger charge is -2.13. The fourth-order valence-corrected chi connectivity index (χ4v) is 1.60. The van der Waals surface area contributed by atoms with E-state index < -0.39 is 23.5 Å². The van der Waals surface area contributed by atoms with E-state index in [9.17, 15) is 13.2 Å². The second kappa shape index (κ2) is 5.89. The maximum atomic E-state index is 13.3. The smallest absolute Gasteiger partial charge is 0.194 e. The first-order valence-electron chi connectivity index (χ1n) is 5.46. The van der Waals surface area contributed by atoms with E-state index >= 15 is 0 Å². The molecule has 0 aliphatic carbocycles. The molecular formula is C12H16F3N. The number of unbranched alkanes of at least 4 members (excludes halogenated alkanes) is 2. The molecule has 0 saturated carbocycles. The lowest BCUT2D eigenvalue weighted by Crippen LogP contribution is -2.13. The molecular weight excluding hydrogens is 215 g/mol. The van der Waals surface area contributed by atoms with Crippen molar-refractivity contribution >= 4 is 0 Å². The average molecular weight is 231 g/mol. The Bertz CT molecular complexity index is 352. The molecule has 0 radical (unpaired) electrons. The van der Waals surface area contributed by atoms with Gasteiger partial charge in [0.05, 0.1) is 0 Å². The van der Waals surface area contributed by atoms with E-state index in [2.05, 4.69) is 0 Å². The lowest BCUT2D eigenvalue weighted by atomic mass is 10.0. The molecule has 0 saturated heterocycles. The van der Waals surface area contributed by atoms with Crippen molar-refractivity contribution in [3.8, 4) is 0 Å². The van der Waals surface area contributed by atoms with Crippen molar-refractivity contribution in [1.82, 2.24) is 0 Å². The topological polar surface area (TPSA) is 26.0 Å². The predicted molar refractivity (Wildman–Crippen MR) is 57.4 cm³/mol. The molecule has 1 atom stereocenters. The Labute approximate surface area is 93.5 Å². The summed E-state index contributed by atoms with van der Waals surface area (Å²) in [7, 11) is 0. The fraction of sp³-hybridized carbons (Fsp3) is 0.500. The summed E-state index contributed by atoms with van der Waals surface area (Å²) in [6.07, 6.45) is 3.47.